The third kappa shape index (κ3) is 6.55. The fraction of sp³-hybridized carbons (Fsp3) is 0.417. The van der Waals surface area contributed by atoms with Gasteiger partial charge in [0.15, 0.2) is 0 Å². The third-order valence-electron chi connectivity index (χ3n) is 1.55. The van der Waals surface area contributed by atoms with Crippen LogP contribution in [0.25, 0.3) is 0 Å². The van der Waals surface area contributed by atoms with E-state index in [0.29, 0.717) is 6.61 Å². The predicted molar refractivity (Wildman–Crippen MR) is 59.9 cm³/mol. The summed E-state index contributed by atoms with van der Waals surface area (Å²) in [5.74, 6) is 0.516. The summed E-state index contributed by atoms with van der Waals surface area (Å²) in [7, 11) is 1.37. The maximum Gasteiger partial charge on any atom is 0.308 e. The summed E-state index contributed by atoms with van der Waals surface area (Å²) in [6, 6.07) is 9.36. The van der Waals surface area contributed by atoms with Gasteiger partial charge in [-0.3, -0.25) is 4.79 Å². The van der Waals surface area contributed by atoms with Crippen LogP contribution < -0.4 is 4.74 Å². The first kappa shape index (κ1) is 13.5. The number of rotatable bonds is 4. The zero-order valence-corrected chi connectivity index (χ0v) is 9.53. The van der Waals surface area contributed by atoms with Crippen LogP contribution in [0, 0.1) is 0 Å². The second-order valence-electron chi connectivity index (χ2n) is 2.49. The monoisotopic (exact) mass is 210 g/mol. The van der Waals surface area contributed by atoms with Crippen LogP contribution in [0.4, 0.5) is 0 Å². The normalized spacial score (nSPS) is 8.47. The van der Waals surface area contributed by atoms with E-state index in [2.05, 4.69) is 4.74 Å². The van der Waals surface area contributed by atoms with Crippen molar-refractivity contribution >= 4 is 5.97 Å². The standard InChI is InChI=1S/C10H12O3.C2H6/c1-12-10(11)7-8-13-9-5-3-2-4-6-9;1-2/h2-6H,7-8H2,1H3;1-2H3. The molecule has 3 heteroatoms. The molecule has 0 atom stereocenters. The van der Waals surface area contributed by atoms with Crippen LogP contribution >= 0.6 is 0 Å². The lowest BCUT2D eigenvalue weighted by Crippen LogP contribution is -2.07. The summed E-state index contributed by atoms with van der Waals surface area (Å²) >= 11 is 0. The van der Waals surface area contributed by atoms with Gasteiger partial charge in [0.2, 0.25) is 0 Å². The number of methoxy groups -OCH3 is 1. The van der Waals surface area contributed by atoms with Gasteiger partial charge in [-0.2, -0.15) is 0 Å². The predicted octanol–water partition coefficient (Wildman–Crippen LogP) is 2.65. The molecule has 0 bridgehead atoms. The Labute approximate surface area is 91.0 Å². The van der Waals surface area contributed by atoms with Crippen molar-refractivity contribution in [2.24, 2.45) is 0 Å². The average molecular weight is 210 g/mol. The molecule has 1 aromatic rings. The second kappa shape index (κ2) is 9.06. The largest absolute Gasteiger partial charge is 0.493 e. The van der Waals surface area contributed by atoms with Crippen molar-refractivity contribution in [3.8, 4) is 5.75 Å². The molecule has 0 saturated carbocycles. The topological polar surface area (TPSA) is 35.5 Å². The molecule has 0 amide bonds. The molecule has 0 aliphatic rings. The molecule has 0 unspecified atom stereocenters. The minimum atomic E-state index is -0.254. The highest BCUT2D eigenvalue weighted by Crippen LogP contribution is 2.08. The maximum atomic E-state index is 10.7. The minimum absolute atomic E-state index is 0.254. The molecule has 0 saturated heterocycles. The lowest BCUT2D eigenvalue weighted by molar-refractivity contribution is -0.141. The van der Waals surface area contributed by atoms with Crippen molar-refractivity contribution in [1.29, 1.82) is 0 Å². The minimum Gasteiger partial charge on any atom is -0.493 e. The van der Waals surface area contributed by atoms with Gasteiger partial charge >= 0.3 is 5.97 Å². The van der Waals surface area contributed by atoms with Crippen LogP contribution in [-0.2, 0) is 9.53 Å². The number of para-hydroxylation sites is 1. The van der Waals surface area contributed by atoms with Gasteiger partial charge in [-0.05, 0) is 12.1 Å². The smallest absolute Gasteiger partial charge is 0.308 e. The van der Waals surface area contributed by atoms with Crippen molar-refractivity contribution in [2.75, 3.05) is 13.7 Å². The van der Waals surface area contributed by atoms with Crippen LogP contribution in [0.2, 0.25) is 0 Å². The molecular formula is C12H18O3. The van der Waals surface area contributed by atoms with E-state index in [9.17, 15) is 4.79 Å². The van der Waals surface area contributed by atoms with E-state index >= 15 is 0 Å². The highest BCUT2D eigenvalue weighted by atomic mass is 16.5. The lowest BCUT2D eigenvalue weighted by Gasteiger charge is -2.03. The van der Waals surface area contributed by atoms with Crippen LogP contribution in [0.1, 0.15) is 20.3 Å². The number of esters is 1. The maximum absolute atomic E-state index is 10.7. The Bertz CT molecular complexity index is 257. The Morgan fingerprint density at radius 3 is 2.33 bits per heavy atom. The van der Waals surface area contributed by atoms with Gasteiger partial charge < -0.3 is 9.47 Å². The molecule has 0 radical (unpaired) electrons. The van der Waals surface area contributed by atoms with Crippen molar-refractivity contribution in [3.05, 3.63) is 30.3 Å². The zero-order chi connectivity index (χ0) is 11.5. The summed E-state index contributed by atoms with van der Waals surface area (Å²) in [6.07, 6.45) is 0.283. The molecule has 0 aromatic heterocycles. The van der Waals surface area contributed by atoms with Gasteiger partial charge in [-0.15, -0.1) is 0 Å². The summed E-state index contributed by atoms with van der Waals surface area (Å²) in [4.78, 5) is 10.7. The van der Waals surface area contributed by atoms with Crippen LogP contribution in [0.15, 0.2) is 30.3 Å². The first-order valence-corrected chi connectivity index (χ1v) is 5.07. The van der Waals surface area contributed by atoms with E-state index < -0.39 is 0 Å². The Kier molecular flexibility index (Phi) is 8.15. The molecule has 1 aromatic carbocycles. The second-order valence-corrected chi connectivity index (χ2v) is 2.49. The third-order valence-corrected chi connectivity index (χ3v) is 1.55. The lowest BCUT2D eigenvalue weighted by atomic mass is 10.3. The van der Waals surface area contributed by atoms with Crippen molar-refractivity contribution in [2.45, 2.75) is 20.3 Å². The van der Waals surface area contributed by atoms with Gasteiger partial charge in [0, 0.05) is 0 Å². The first-order chi connectivity index (χ1) is 7.33. The van der Waals surface area contributed by atoms with Gasteiger partial charge in [-0.1, -0.05) is 32.0 Å². The summed E-state index contributed by atoms with van der Waals surface area (Å²) < 4.78 is 9.75. The quantitative estimate of drug-likeness (QED) is 0.717. The Morgan fingerprint density at radius 1 is 1.20 bits per heavy atom. The fourth-order valence-corrected chi connectivity index (χ4v) is 0.871. The van der Waals surface area contributed by atoms with E-state index in [4.69, 9.17) is 4.74 Å². The van der Waals surface area contributed by atoms with Crippen LogP contribution in [0.5, 0.6) is 5.75 Å². The van der Waals surface area contributed by atoms with Gasteiger partial charge in [0.05, 0.1) is 20.1 Å². The van der Waals surface area contributed by atoms with Crippen molar-refractivity contribution in [3.63, 3.8) is 0 Å². The van der Waals surface area contributed by atoms with E-state index in [1.807, 2.05) is 44.2 Å². The molecule has 0 fully saturated rings. The summed E-state index contributed by atoms with van der Waals surface area (Å²) in [6.45, 7) is 4.36. The molecule has 1 rings (SSSR count). The molecular weight excluding hydrogens is 192 g/mol. The van der Waals surface area contributed by atoms with Gasteiger partial charge in [0.25, 0.3) is 0 Å². The van der Waals surface area contributed by atoms with E-state index in [1.54, 1.807) is 0 Å². The number of carbonyl (C=O) groups is 1. The van der Waals surface area contributed by atoms with E-state index in [-0.39, 0.29) is 12.4 Å². The number of hydrogen-bond donors (Lipinski definition) is 0. The van der Waals surface area contributed by atoms with Gasteiger partial charge in [-0.25, -0.2) is 0 Å². The summed E-state index contributed by atoms with van der Waals surface area (Å²) in [5.41, 5.74) is 0. The average Bonchev–Trinajstić information content (AvgIpc) is 2.33. The van der Waals surface area contributed by atoms with Gasteiger partial charge in [0.1, 0.15) is 5.75 Å². The number of hydrogen-bond acceptors (Lipinski definition) is 3. The molecule has 0 spiro atoms. The van der Waals surface area contributed by atoms with E-state index in [1.165, 1.54) is 7.11 Å². The molecule has 84 valence electrons. The highest BCUT2D eigenvalue weighted by Gasteiger charge is 1.99. The number of carbonyl (C=O) groups excluding carboxylic acids is 1. The molecule has 3 nitrogen and oxygen atoms in total. The zero-order valence-electron chi connectivity index (χ0n) is 9.53. The highest BCUT2D eigenvalue weighted by molar-refractivity contribution is 5.69. The number of benzene rings is 1. The Balaban J connectivity index is 0.000000921. The Morgan fingerprint density at radius 2 is 1.80 bits per heavy atom. The van der Waals surface area contributed by atoms with Crippen LogP contribution in [-0.4, -0.2) is 19.7 Å². The van der Waals surface area contributed by atoms with E-state index in [0.717, 1.165) is 5.75 Å². The molecule has 15 heavy (non-hydrogen) atoms. The van der Waals surface area contributed by atoms with Crippen molar-refractivity contribution in [1.82, 2.24) is 0 Å². The Hall–Kier alpha value is -1.51. The molecule has 0 heterocycles. The molecule has 0 aliphatic carbocycles. The number of ether oxygens (including phenoxy) is 2. The first-order valence-electron chi connectivity index (χ1n) is 5.07. The van der Waals surface area contributed by atoms with Crippen LogP contribution in [0.3, 0.4) is 0 Å². The molecule has 0 N–H and O–H groups in total. The fourth-order valence-electron chi connectivity index (χ4n) is 0.871. The summed E-state index contributed by atoms with van der Waals surface area (Å²) in [5, 5.41) is 0. The SMILES string of the molecule is CC.COC(=O)CCOc1ccccc1. The molecule has 0 aliphatic heterocycles. The van der Waals surface area contributed by atoms with Crippen molar-refractivity contribution < 1.29 is 14.3 Å².